The van der Waals surface area contributed by atoms with Crippen LogP contribution in [0.4, 0.5) is 18.9 Å². The molecule has 0 unspecified atom stereocenters. The van der Waals surface area contributed by atoms with Gasteiger partial charge in [-0.15, -0.1) is 0 Å². The number of hydrogen-bond acceptors (Lipinski definition) is 1. The molecule has 0 radical (unpaired) electrons. The molecule has 0 saturated heterocycles. The first-order valence-corrected chi connectivity index (χ1v) is 6.58. The average molecular weight is 310 g/mol. The van der Waals surface area contributed by atoms with Crippen molar-refractivity contribution in [2.24, 2.45) is 0 Å². The Morgan fingerprint density at radius 3 is 2.29 bits per heavy atom. The summed E-state index contributed by atoms with van der Waals surface area (Å²) in [5.41, 5.74) is 0.968. The van der Waals surface area contributed by atoms with Crippen LogP contribution in [-0.2, 0) is 6.54 Å². The Balaban J connectivity index is 2.00. The van der Waals surface area contributed by atoms with Crippen molar-refractivity contribution >= 4 is 23.0 Å². The van der Waals surface area contributed by atoms with Crippen molar-refractivity contribution in [1.29, 1.82) is 0 Å². The Morgan fingerprint density at radius 2 is 1.67 bits per heavy atom. The molecule has 0 aromatic heterocycles. The van der Waals surface area contributed by atoms with E-state index in [9.17, 15) is 13.2 Å². The van der Waals surface area contributed by atoms with Crippen molar-refractivity contribution in [2.45, 2.75) is 6.54 Å². The maximum atomic E-state index is 13.5. The second-order valence-corrected chi connectivity index (χ2v) is 4.92. The molecule has 21 heavy (non-hydrogen) atoms. The summed E-state index contributed by atoms with van der Waals surface area (Å²) < 4.78 is 39.2. The predicted octanol–water partition coefficient (Wildman–Crippen LogP) is 3.93. The molecule has 0 aliphatic heterocycles. The lowest BCUT2D eigenvalue weighted by molar-refractivity contribution is 0.507. The highest BCUT2D eigenvalue weighted by atomic mass is 32.1. The first-order valence-electron chi connectivity index (χ1n) is 6.17. The molecule has 0 heterocycles. The molecular weight excluding hydrogens is 297 g/mol. The molecule has 2 aromatic rings. The minimum atomic E-state index is -0.715. The third-order valence-electron chi connectivity index (χ3n) is 2.85. The summed E-state index contributed by atoms with van der Waals surface area (Å²) in [4.78, 5) is 1.67. The maximum absolute atomic E-state index is 13.5. The predicted molar refractivity (Wildman–Crippen MR) is 80.4 cm³/mol. The van der Waals surface area contributed by atoms with Crippen LogP contribution in [0.5, 0.6) is 0 Å². The molecule has 6 heteroatoms. The van der Waals surface area contributed by atoms with Gasteiger partial charge < -0.3 is 10.2 Å². The van der Waals surface area contributed by atoms with Crippen LogP contribution in [0.1, 0.15) is 5.56 Å². The lowest BCUT2D eigenvalue weighted by Gasteiger charge is -2.21. The summed E-state index contributed by atoms with van der Waals surface area (Å²) >= 11 is 5.16. The number of nitrogens with zero attached hydrogens (tertiary/aromatic N) is 1. The summed E-state index contributed by atoms with van der Waals surface area (Å²) in [7, 11) is 1.72. The Kier molecular flexibility index (Phi) is 4.80. The zero-order chi connectivity index (χ0) is 15.4. The third kappa shape index (κ3) is 4.19. The van der Waals surface area contributed by atoms with Crippen LogP contribution < -0.4 is 5.32 Å². The molecule has 0 atom stereocenters. The van der Waals surface area contributed by atoms with Gasteiger partial charge in [0.25, 0.3) is 0 Å². The zero-order valence-electron chi connectivity index (χ0n) is 11.2. The average Bonchev–Trinajstić information content (AvgIpc) is 2.44. The summed E-state index contributed by atoms with van der Waals surface area (Å²) in [5.74, 6) is -1.67. The Morgan fingerprint density at radius 1 is 1.05 bits per heavy atom. The van der Waals surface area contributed by atoms with Gasteiger partial charge in [-0.1, -0.05) is 12.1 Å². The van der Waals surface area contributed by atoms with Crippen molar-refractivity contribution < 1.29 is 13.2 Å². The summed E-state index contributed by atoms with van der Waals surface area (Å²) in [6.45, 7) is 0.439. The van der Waals surface area contributed by atoms with E-state index in [1.165, 1.54) is 18.2 Å². The van der Waals surface area contributed by atoms with E-state index in [1.54, 1.807) is 24.1 Å². The monoisotopic (exact) mass is 310 g/mol. The van der Waals surface area contributed by atoms with Gasteiger partial charge in [-0.3, -0.25) is 0 Å². The van der Waals surface area contributed by atoms with Crippen LogP contribution in [0.15, 0.2) is 42.5 Å². The largest absolute Gasteiger partial charge is 0.348 e. The SMILES string of the molecule is CN(Cc1ccc(F)cc1)C(=S)Nc1ccc(F)cc1F. The molecule has 0 bridgehead atoms. The summed E-state index contributed by atoms with van der Waals surface area (Å²) in [6, 6.07) is 9.22. The van der Waals surface area contributed by atoms with E-state index < -0.39 is 11.6 Å². The van der Waals surface area contributed by atoms with Gasteiger partial charge in [-0.05, 0) is 42.0 Å². The summed E-state index contributed by atoms with van der Waals surface area (Å²) in [6.07, 6.45) is 0. The molecular formula is C15H13F3N2S. The van der Waals surface area contributed by atoms with E-state index in [-0.39, 0.29) is 16.6 Å². The highest BCUT2D eigenvalue weighted by Gasteiger charge is 2.09. The molecule has 0 aliphatic carbocycles. The molecule has 2 aromatic carbocycles. The van der Waals surface area contributed by atoms with Gasteiger partial charge in [0.1, 0.15) is 17.5 Å². The molecule has 2 nitrogen and oxygen atoms in total. The van der Waals surface area contributed by atoms with Crippen molar-refractivity contribution in [3.8, 4) is 0 Å². The fourth-order valence-corrected chi connectivity index (χ4v) is 1.91. The standard InChI is InChI=1S/C15H13F3N2S/c1-20(9-10-2-4-11(16)5-3-10)15(21)19-14-7-6-12(17)8-13(14)18/h2-8H,9H2,1H3,(H,19,21). The molecule has 2 rings (SSSR count). The van der Waals surface area contributed by atoms with Gasteiger partial charge in [0.15, 0.2) is 5.11 Å². The molecule has 0 amide bonds. The quantitative estimate of drug-likeness (QED) is 0.865. The van der Waals surface area contributed by atoms with E-state index in [4.69, 9.17) is 12.2 Å². The fraction of sp³-hybridized carbons (Fsp3) is 0.133. The molecule has 1 N–H and O–H groups in total. The van der Waals surface area contributed by atoms with E-state index in [0.717, 1.165) is 17.7 Å². The van der Waals surface area contributed by atoms with Crippen LogP contribution >= 0.6 is 12.2 Å². The first kappa shape index (κ1) is 15.3. The van der Waals surface area contributed by atoms with Gasteiger partial charge in [0.2, 0.25) is 0 Å². The number of hydrogen-bond donors (Lipinski definition) is 1. The van der Waals surface area contributed by atoms with Gasteiger partial charge in [-0.25, -0.2) is 13.2 Å². The van der Waals surface area contributed by atoms with E-state index in [0.29, 0.717) is 6.54 Å². The Hall–Kier alpha value is -2.08. The molecule has 0 spiro atoms. The third-order valence-corrected chi connectivity index (χ3v) is 3.27. The highest BCUT2D eigenvalue weighted by molar-refractivity contribution is 7.80. The van der Waals surface area contributed by atoms with Crippen LogP contribution in [0.25, 0.3) is 0 Å². The van der Waals surface area contributed by atoms with Crippen molar-refractivity contribution in [3.63, 3.8) is 0 Å². The number of thiocarbonyl (C=S) groups is 1. The molecule has 110 valence electrons. The second kappa shape index (κ2) is 6.58. The minimum Gasteiger partial charge on any atom is -0.348 e. The highest BCUT2D eigenvalue weighted by Crippen LogP contribution is 2.16. The summed E-state index contributed by atoms with van der Waals surface area (Å²) in [5, 5.41) is 2.99. The fourth-order valence-electron chi connectivity index (χ4n) is 1.74. The van der Waals surface area contributed by atoms with Gasteiger partial charge in [-0.2, -0.15) is 0 Å². The molecule has 0 fully saturated rings. The second-order valence-electron chi connectivity index (χ2n) is 4.54. The van der Waals surface area contributed by atoms with Gasteiger partial charge in [0.05, 0.1) is 5.69 Å². The lowest BCUT2D eigenvalue weighted by Crippen LogP contribution is -2.30. The van der Waals surface area contributed by atoms with Gasteiger partial charge in [0, 0.05) is 19.7 Å². The van der Waals surface area contributed by atoms with Crippen LogP contribution in [-0.4, -0.2) is 17.1 Å². The Bertz CT molecular complexity index is 644. The first-order chi connectivity index (χ1) is 9.95. The molecule has 0 saturated carbocycles. The van der Waals surface area contributed by atoms with Crippen LogP contribution in [0, 0.1) is 17.5 Å². The number of benzene rings is 2. The normalized spacial score (nSPS) is 10.3. The number of halogens is 3. The van der Waals surface area contributed by atoms with Crippen LogP contribution in [0.3, 0.4) is 0 Å². The smallest absolute Gasteiger partial charge is 0.173 e. The topological polar surface area (TPSA) is 15.3 Å². The van der Waals surface area contributed by atoms with Gasteiger partial charge >= 0.3 is 0 Å². The molecule has 0 aliphatic rings. The minimum absolute atomic E-state index is 0.104. The van der Waals surface area contributed by atoms with E-state index >= 15 is 0 Å². The zero-order valence-corrected chi connectivity index (χ0v) is 12.1. The lowest BCUT2D eigenvalue weighted by atomic mass is 10.2. The number of anilines is 1. The van der Waals surface area contributed by atoms with Crippen LogP contribution in [0.2, 0.25) is 0 Å². The van der Waals surface area contributed by atoms with Crippen molar-refractivity contribution in [3.05, 3.63) is 65.5 Å². The van der Waals surface area contributed by atoms with E-state index in [1.807, 2.05) is 0 Å². The van der Waals surface area contributed by atoms with E-state index in [2.05, 4.69) is 5.32 Å². The van der Waals surface area contributed by atoms with Crippen molar-refractivity contribution in [1.82, 2.24) is 4.90 Å². The van der Waals surface area contributed by atoms with Crippen molar-refractivity contribution in [2.75, 3.05) is 12.4 Å². The number of nitrogens with one attached hydrogen (secondary N) is 1. The maximum Gasteiger partial charge on any atom is 0.173 e. The Labute approximate surface area is 126 Å². The number of rotatable bonds is 3.